The zero-order valence-electron chi connectivity index (χ0n) is 14.9. The average Bonchev–Trinajstić information content (AvgIpc) is 2.92. The number of hydrogen-bond donors (Lipinski definition) is 3. The van der Waals surface area contributed by atoms with Crippen molar-refractivity contribution in [2.24, 2.45) is 13.0 Å². The number of hydrogen-bond acceptors (Lipinski definition) is 3. The first-order valence-electron chi connectivity index (χ1n) is 8.30. The van der Waals surface area contributed by atoms with E-state index in [2.05, 4.69) is 10.6 Å². The van der Waals surface area contributed by atoms with Crippen LogP contribution in [-0.4, -0.2) is 40.0 Å². The van der Waals surface area contributed by atoms with E-state index < -0.39 is 30.4 Å². The first-order chi connectivity index (χ1) is 12.2. The molecule has 0 spiro atoms. The minimum atomic E-state index is -1.14. The molecule has 3 N–H and O–H groups in total. The Kier molecular flexibility index (Phi) is 6.26. The summed E-state index contributed by atoms with van der Waals surface area (Å²) in [6.07, 6.45) is 0.649. The number of rotatable bonds is 7. The lowest BCUT2D eigenvalue weighted by molar-refractivity contribution is -0.138. The van der Waals surface area contributed by atoms with Crippen LogP contribution in [0.2, 0.25) is 5.02 Å². The molecule has 0 unspecified atom stereocenters. The van der Waals surface area contributed by atoms with Crippen LogP contribution in [0, 0.1) is 5.92 Å². The van der Waals surface area contributed by atoms with E-state index in [4.69, 9.17) is 16.7 Å². The molecule has 0 aliphatic rings. The van der Waals surface area contributed by atoms with Gasteiger partial charge in [0.2, 0.25) is 5.91 Å². The van der Waals surface area contributed by atoms with E-state index in [1.54, 1.807) is 29.8 Å². The topological polar surface area (TPSA) is 100 Å². The van der Waals surface area contributed by atoms with Crippen LogP contribution in [0.15, 0.2) is 24.3 Å². The van der Waals surface area contributed by atoms with E-state index in [9.17, 15) is 14.4 Å². The van der Waals surface area contributed by atoms with Gasteiger partial charge in [0.05, 0.1) is 0 Å². The van der Waals surface area contributed by atoms with Crippen molar-refractivity contribution in [3.8, 4) is 0 Å². The monoisotopic (exact) mass is 379 g/mol. The molecule has 0 saturated carbocycles. The van der Waals surface area contributed by atoms with Gasteiger partial charge in [-0.3, -0.25) is 14.4 Å². The lowest BCUT2D eigenvalue weighted by Crippen LogP contribution is -2.51. The fourth-order valence-corrected chi connectivity index (χ4v) is 2.91. The Balaban J connectivity index is 2.25. The molecule has 0 radical (unpaired) electrons. The van der Waals surface area contributed by atoms with Gasteiger partial charge in [0.15, 0.2) is 0 Å². The van der Waals surface area contributed by atoms with Gasteiger partial charge in [0, 0.05) is 23.0 Å². The van der Waals surface area contributed by atoms with Crippen molar-refractivity contribution < 1.29 is 19.5 Å². The van der Waals surface area contributed by atoms with Gasteiger partial charge in [-0.25, -0.2) is 0 Å². The number of carboxylic acids is 1. The number of fused-ring (bicyclic) bond motifs is 1. The van der Waals surface area contributed by atoms with E-state index in [1.165, 1.54) is 0 Å². The number of carbonyl (C=O) groups is 3. The van der Waals surface area contributed by atoms with E-state index in [0.717, 1.165) is 10.9 Å². The van der Waals surface area contributed by atoms with Crippen LogP contribution >= 0.6 is 11.6 Å². The largest absolute Gasteiger partial charge is 0.480 e. The summed E-state index contributed by atoms with van der Waals surface area (Å²) in [6.45, 7) is 3.23. The maximum Gasteiger partial charge on any atom is 0.322 e. The quantitative estimate of drug-likeness (QED) is 0.686. The minimum absolute atomic E-state index is 0.156. The molecule has 0 bridgehead atoms. The highest BCUT2D eigenvalue weighted by Gasteiger charge is 2.27. The van der Waals surface area contributed by atoms with Crippen LogP contribution in [0.4, 0.5) is 0 Å². The number of amides is 2. The Morgan fingerprint density at radius 2 is 1.96 bits per heavy atom. The standard InChI is InChI=1S/C18H22ClN3O4/c1-4-10(2)16(18(26)20-9-15(23)24)21-17(25)14-8-11-7-12(19)5-6-13(11)22(14)3/h5-8,10,16H,4,9H2,1-3H3,(H,20,26)(H,21,25)(H,23,24)/t10-,16-/m0/s1. The van der Waals surface area contributed by atoms with E-state index in [1.807, 2.05) is 19.9 Å². The predicted octanol–water partition coefficient (Wildman–Crippen LogP) is 2.18. The Labute approximate surface area is 156 Å². The van der Waals surface area contributed by atoms with Crippen LogP contribution in [0.1, 0.15) is 30.8 Å². The zero-order chi connectivity index (χ0) is 19.4. The molecule has 1 aromatic carbocycles. The second kappa shape index (κ2) is 8.23. The number of aryl methyl sites for hydroxylation is 1. The normalized spacial score (nSPS) is 13.2. The van der Waals surface area contributed by atoms with E-state index in [-0.39, 0.29) is 5.92 Å². The number of carbonyl (C=O) groups excluding carboxylic acids is 2. The highest BCUT2D eigenvalue weighted by molar-refractivity contribution is 6.31. The summed E-state index contributed by atoms with van der Waals surface area (Å²) in [5.74, 6) is -2.22. The molecule has 1 aromatic heterocycles. The summed E-state index contributed by atoms with van der Waals surface area (Å²) in [5, 5.41) is 15.2. The van der Waals surface area contributed by atoms with Crippen molar-refractivity contribution in [2.45, 2.75) is 26.3 Å². The summed E-state index contributed by atoms with van der Waals surface area (Å²) in [5.41, 5.74) is 1.23. The Morgan fingerprint density at radius 1 is 1.27 bits per heavy atom. The van der Waals surface area contributed by atoms with Gasteiger partial charge < -0.3 is 20.3 Å². The molecule has 0 aliphatic heterocycles. The molecule has 7 nitrogen and oxygen atoms in total. The third-order valence-corrected chi connectivity index (χ3v) is 4.67. The molecule has 0 fully saturated rings. The number of aliphatic carboxylic acids is 1. The molecule has 0 saturated heterocycles. The molecule has 26 heavy (non-hydrogen) atoms. The maximum atomic E-state index is 12.7. The molecular weight excluding hydrogens is 358 g/mol. The lowest BCUT2D eigenvalue weighted by atomic mass is 9.98. The molecule has 2 atom stereocenters. The molecular formula is C18H22ClN3O4. The van der Waals surface area contributed by atoms with Crippen LogP contribution < -0.4 is 10.6 Å². The lowest BCUT2D eigenvalue weighted by Gasteiger charge is -2.23. The van der Waals surface area contributed by atoms with Gasteiger partial charge in [-0.05, 0) is 30.2 Å². The summed E-state index contributed by atoms with van der Waals surface area (Å²) in [4.78, 5) is 35.7. The van der Waals surface area contributed by atoms with Crippen molar-refractivity contribution in [3.63, 3.8) is 0 Å². The second-order valence-corrected chi connectivity index (χ2v) is 6.68. The number of benzene rings is 1. The number of halogens is 1. The van der Waals surface area contributed by atoms with Crippen molar-refractivity contribution in [3.05, 3.63) is 35.0 Å². The van der Waals surface area contributed by atoms with Gasteiger partial charge in [-0.2, -0.15) is 0 Å². The van der Waals surface area contributed by atoms with Gasteiger partial charge >= 0.3 is 5.97 Å². The predicted molar refractivity (Wildman–Crippen MR) is 99.3 cm³/mol. The second-order valence-electron chi connectivity index (χ2n) is 6.24. The van der Waals surface area contributed by atoms with Gasteiger partial charge in [-0.15, -0.1) is 0 Å². The molecule has 2 rings (SSSR count). The van der Waals surface area contributed by atoms with Crippen LogP contribution in [-0.2, 0) is 16.6 Å². The maximum absolute atomic E-state index is 12.7. The number of aromatic nitrogens is 1. The highest BCUT2D eigenvalue weighted by Crippen LogP contribution is 2.23. The number of nitrogens with zero attached hydrogens (tertiary/aromatic N) is 1. The molecule has 2 aromatic rings. The molecule has 2 amide bonds. The van der Waals surface area contributed by atoms with E-state index in [0.29, 0.717) is 17.1 Å². The Morgan fingerprint density at radius 3 is 2.58 bits per heavy atom. The Bertz CT molecular complexity index is 846. The van der Waals surface area contributed by atoms with Crippen molar-refractivity contribution >= 4 is 40.3 Å². The van der Waals surface area contributed by atoms with Crippen molar-refractivity contribution in [1.82, 2.24) is 15.2 Å². The van der Waals surface area contributed by atoms with Crippen molar-refractivity contribution in [1.29, 1.82) is 0 Å². The van der Waals surface area contributed by atoms with E-state index >= 15 is 0 Å². The average molecular weight is 380 g/mol. The smallest absolute Gasteiger partial charge is 0.322 e. The fourth-order valence-electron chi connectivity index (χ4n) is 2.73. The first kappa shape index (κ1) is 19.8. The summed E-state index contributed by atoms with van der Waals surface area (Å²) in [6, 6.07) is 6.21. The summed E-state index contributed by atoms with van der Waals surface area (Å²) >= 11 is 6.00. The fraction of sp³-hybridized carbons (Fsp3) is 0.389. The van der Waals surface area contributed by atoms with Crippen molar-refractivity contribution in [2.75, 3.05) is 6.54 Å². The molecule has 0 aliphatic carbocycles. The highest BCUT2D eigenvalue weighted by atomic mass is 35.5. The van der Waals surface area contributed by atoms with Crippen LogP contribution in [0.25, 0.3) is 10.9 Å². The zero-order valence-corrected chi connectivity index (χ0v) is 15.6. The first-order valence-corrected chi connectivity index (χ1v) is 8.67. The number of carboxylic acid groups (broad SMARTS) is 1. The van der Waals surface area contributed by atoms with Gasteiger partial charge in [0.1, 0.15) is 18.3 Å². The molecule has 140 valence electrons. The minimum Gasteiger partial charge on any atom is -0.480 e. The van der Waals surface area contributed by atoms with Gasteiger partial charge in [0.25, 0.3) is 5.91 Å². The Hall–Kier alpha value is -2.54. The molecule has 8 heteroatoms. The molecule has 1 heterocycles. The summed E-state index contributed by atoms with van der Waals surface area (Å²) < 4.78 is 1.73. The van der Waals surface area contributed by atoms with Crippen LogP contribution in [0.5, 0.6) is 0 Å². The third-order valence-electron chi connectivity index (χ3n) is 4.43. The SMILES string of the molecule is CC[C@H](C)[C@H](NC(=O)c1cc2cc(Cl)ccc2n1C)C(=O)NCC(=O)O. The van der Waals surface area contributed by atoms with Gasteiger partial charge in [-0.1, -0.05) is 31.9 Å². The van der Waals surface area contributed by atoms with Crippen LogP contribution in [0.3, 0.4) is 0 Å². The summed E-state index contributed by atoms with van der Waals surface area (Å²) in [7, 11) is 1.76. The number of nitrogens with one attached hydrogen (secondary N) is 2. The third kappa shape index (κ3) is 4.35.